The maximum atomic E-state index is 10.8. The van der Waals surface area contributed by atoms with Gasteiger partial charge in [0.1, 0.15) is 5.82 Å². The number of carbonyl (C=O) groups is 1. The van der Waals surface area contributed by atoms with E-state index in [0.717, 1.165) is 25.3 Å². The van der Waals surface area contributed by atoms with E-state index in [1.54, 1.807) is 6.20 Å². The Morgan fingerprint density at radius 1 is 1.67 bits per heavy atom. The zero-order valence-electron chi connectivity index (χ0n) is 9.19. The zero-order valence-corrected chi connectivity index (χ0v) is 9.19. The number of ether oxygens (including phenoxy) is 1. The molecule has 0 bridgehead atoms. The smallest absolute Gasteiger partial charge is 0.305 e. The highest BCUT2D eigenvalue weighted by molar-refractivity contribution is 5.69. The Morgan fingerprint density at radius 3 is 3.07 bits per heavy atom. The molecule has 0 unspecified atom stereocenters. The predicted molar refractivity (Wildman–Crippen MR) is 56.2 cm³/mol. The Hall–Kier alpha value is -1.36. The lowest BCUT2D eigenvalue weighted by Gasteiger charge is -2.04. The fraction of sp³-hybridized carbons (Fsp3) is 0.600. The second-order valence-electron chi connectivity index (χ2n) is 3.31. The van der Waals surface area contributed by atoms with Crippen LogP contribution in [0.25, 0.3) is 0 Å². The van der Waals surface area contributed by atoms with E-state index in [0.29, 0.717) is 6.42 Å². The number of esters is 1. The quantitative estimate of drug-likeness (QED) is 0.548. The summed E-state index contributed by atoms with van der Waals surface area (Å²) < 4.78 is 6.50. The van der Waals surface area contributed by atoms with Crippen molar-refractivity contribution < 1.29 is 9.53 Å². The molecule has 0 aliphatic carbocycles. The molecule has 0 radical (unpaired) electrons. The number of aryl methyl sites for hydroxylation is 1. The Morgan fingerprint density at radius 2 is 2.47 bits per heavy atom. The standard InChI is InChI=1S/C10H17N3O2/c1-13-7-6-12-9(13)8-11-5-3-4-10(14)15-2/h6-7,11H,3-5,8H2,1-2H3. The average Bonchev–Trinajstić information content (AvgIpc) is 2.63. The Balaban J connectivity index is 2.07. The van der Waals surface area contributed by atoms with E-state index < -0.39 is 0 Å². The highest BCUT2D eigenvalue weighted by Gasteiger charge is 2.00. The van der Waals surface area contributed by atoms with Gasteiger partial charge in [-0.15, -0.1) is 0 Å². The maximum absolute atomic E-state index is 10.8. The first-order valence-electron chi connectivity index (χ1n) is 4.97. The van der Waals surface area contributed by atoms with Crippen LogP contribution in [0.5, 0.6) is 0 Å². The number of nitrogens with one attached hydrogen (secondary N) is 1. The van der Waals surface area contributed by atoms with Crippen molar-refractivity contribution in [2.24, 2.45) is 7.05 Å². The molecule has 1 N–H and O–H groups in total. The second kappa shape index (κ2) is 6.19. The van der Waals surface area contributed by atoms with Crippen LogP contribution in [0.1, 0.15) is 18.7 Å². The number of aromatic nitrogens is 2. The molecule has 0 fully saturated rings. The molecule has 5 heteroatoms. The monoisotopic (exact) mass is 211 g/mol. The first-order valence-corrected chi connectivity index (χ1v) is 4.97. The van der Waals surface area contributed by atoms with Crippen molar-refractivity contribution in [2.45, 2.75) is 19.4 Å². The van der Waals surface area contributed by atoms with Crippen LogP contribution < -0.4 is 5.32 Å². The first kappa shape index (κ1) is 11.7. The molecule has 0 amide bonds. The van der Waals surface area contributed by atoms with Gasteiger partial charge < -0.3 is 14.6 Å². The molecule has 0 saturated carbocycles. The summed E-state index contributed by atoms with van der Waals surface area (Å²) in [6.07, 6.45) is 4.93. The zero-order chi connectivity index (χ0) is 11.1. The third-order valence-electron chi connectivity index (χ3n) is 2.17. The molecule has 84 valence electrons. The number of hydrogen-bond acceptors (Lipinski definition) is 4. The molecule has 0 atom stereocenters. The van der Waals surface area contributed by atoms with Crippen LogP contribution in [0.4, 0.5) is 0 Å². The van der Waals surface area contributed by atoms with E-state index in [-0.39, 0.29) is 5.97 Å². The summed E-state index contributed by atoms with van der Waals surface area (Å²) in [6, 6.07) is 0. The predicted octanol–water partition coefficient (Wildman–Crippen LogP) is 0.463. The van der Waals surface area contributed by atoms with Gasteiger partial charge in [0.15, 0.2) is 0 Å². The van der Waals surface area contributed by atoms with E-state index in [9.17, 15) is 4.79 Å². The van der Waals surface area contributed by atoms with Gasteiger partial charge in [0, 0.05) is 25.9 Å². The van der Waals surface area contributed by atoms with E-state index in [4.69, 9.17) is 0 Å². The lowest BCUT2D eigenvalue weighted by Crippen LogP contribution is -2.18. The van der Waals surface area contributed by atoms with Crippen LogP contribution in [-0.2, 0) is 23.1 Å². The first-order chi connectivity index (χ1) is 7.24. The Bertz CT molecular complexity index is 309. The molecule has 1 aromatic heterocycles. The van der Waals surface area contributed by atoms with Crippen LogP contribution in [0.3, 0.4) is 0 Å². The number of nitrogens with zero attached hydrogens (tertiary/aromatic N) is 2. The van der Waals surface area contributed by atoms with E-state index in [2.05, 4.69) is 15.0 Å². The van der Waals surface area contributed by atoms with Crippen LogP contribution in [0, 0.1) is 0 Å². The molecule has 1 rings (SSSR count). The van der Waals surface area contributed by atoms with Crippen molar-refractivity contribution in [3.63, 3.8) is 0 Å². The molecule has 0 aliphatic heterocycles. The lowest BCUT2D eigenvalue weighted by atomic mass is 10.3. The minimum Gasteiger partial charge on any atom is -0.469 e. The minimum atomic E-state index is -0.159. The van der Waals surface area contributed by atoms with Gasteiger partial charge in [0.25, 0.3) is 0 Å². The van der Waals surface area contributed by atoms with E-state index in [1.807, 2.05) is 17.8 Å². The summed E-state index contributed by atoms with van der Waals surface area (Å²) in [7, 11) is 3.36. The highest BCUT2D eigenvalue weighted by atomic mass is 16.5. The molecule has 15 heavy (non-hydrogen) atoms. The fourth-order valence-electron chi connectivity index (χ4n) is 1.23. The summed E-state index contributed by atoms with van der Waals surface area (Å²) in [5.74, 6) is 0.835. The molecule has 0 aromatic carbocycles. The summed E-state index contributed by atoms with van der Waals surface area (Å²) in [5, 5.41) is 3.22. The topological polar surface area (TPSA) is 56.1 Å². The normalized spacial score (nSPS) is 10.3. The van der Waals surface area contributed by atoms with Crippen molar-refractivity contribution in [3.05, 3.63) is 18.2 Å². The van der Waals surface area contributed by atoms with Crippen molar-refractivity contribution in [1.82, 2.24) is 14.9 Å². The summed E-state index contributed by atoms with van der Waals surface area (Å²) in [4.78, 5) is 15.0. The number of carbonyl (C=O) groups excluding carboxylic acids is 1. The molecule has 1 aromatic rings. The van der Waals surface area contributed by atoms with Crippen LogP contribution in [-0.4, -0.2) is 29.2 Å². The minimum absolute atomic E-state index is 0.159. The SMILES string of the molecule is COC(=O)CCCNCc1nccn1C. The molecule has 1 heterocycles. The third-order valence-corrected chi connectivity index (χ3v) is 2.17. The van der Waals surface area contributed by atoms with Crippen LogP contribution >= 0.6 is 0 Å². The lowest BCUT2D eigenvalue weighted by molar-refractivity contribution is -0.140. The average molecular weight is 211 g/mol. The van der Waals surface area contributed by atoms with Crippen molar-refractivity contribution in [2.75, 3.05) is 13.7 Å². The molecule has 0 saturated heterocycles. The van der Waals surface area contributed by atoms with Gasteiger partial charge in [-0.3, -0.25) is 4.79 Å². The van der Waals surface area contributed by atoms with E-state index in [1.165, 1.54) is 7.11 Å². The summed E-state index contributed by atoms with van der Waals surface area (Å²) in [5.41, 5.74) is 0. The number of hydrogen-bond donors (Lipinski definition) is 1. The highest BCUT2D eigenvalue weighted by Crippen LogP contribution is 1.94. The Kier molecular flexibility index (Phi) is 4.83. The van der Waals surface area contributed by atoms with Crippen LogP contribution in [0.2, 0.25) is 0 Å². The van der Waals surface area contributed by atoms with Crippen molar-refractivity contribution in [3.8, 4) is 0 Å². The van der Waals surface area contributed by atoms with Gasteiger partial charge in [0.05, 0.1) is 13.7 Å². The van der Waals surface area contributed by atoms with Crippen molar-refractivity contribution >= 4 is 5.97 Å². The van der Waals surface area contributed by atoms with Gasteiger partial charge in [-0.2, -0.15) is 0 Å². The number of imidazole rings is 1. The van der Waals surface area contributed by atoms with Gasteiger partial charge in [0.2, 0.25) is 0 Å². The molecule has 0 aliphatic rings. The van der Waals surface area contributed by atoms with Crippen LogP contribution in [0.15, 0.2) is 12.4 Å². The fourth-order valence-corrected chi connectivity index (χ4v) is 1.23. The number of rotatable bonds is 6. The molecule has 5 nitrogen and oxygen atoms in total. The van der Waals surface area contributed by atoms with Gasteiger partial charge in [-0.1, -0.05) is 0 Å². The van der Waals surface area contributed by atoms with E-state index >= 15 is 0 Å². The van der Waals surface area contributed by atoms with Gasteiger partial charge >= 0.3 is 5.97 Å². The van der Waals surface area contributed by atoms with Gasteiger partial charge in [-0.05, 0) is 13.0 Å². The third kappa shape index (κ3) is 4.12. The maximum Gasteiger partial charge on any atom is 0.305 e. The molecular formula is C10H17N3O2. The largest absolute Gasteiger partial charge is 0.469 e. The molecule has 0 spiro atoms. The van der Waals surface area contributed by atoms with Gasteiger partial charge in [-0.25, -0.2) is 4.98 Å². The summed E-state index contributed by atoms with van der Waals surface area (Å²) in [6.45, 7) is 1.52. The number of methoxy groups -OCH3 is 1. The van der Waals surface area contributed by atoms with Crippen molar-refractivity contribution in [1.29, 1.82) is 0 Å². The molecular weight excluding hydrogens is 194 g/mol. The Labute approximate surface area is 89.4 Å². The summed E-state index contributed by atoms with van der Waals surface area (Å²) >= 11 is 0. The second-order valence-corrected chi connectivity index (χ2v) is 3.31.